The highest BCUT2D eigenvalue weighted by molar-refractivity contribution is 7.99. The summed E-state index contributed by atoms with van der Waals surface area (Å²) in [5, 5.41) is 3.39. The van der Waals surface area contributed by atoms with Crippen molar-refractivity contribution in [1.82, 2.24) is 5.32 Å². The summed E-state index contributed by atoms with van der Waals surface area (Å²) >= 11 is 2.04. The van der Waals surface area contributed by atoms with E-state index in [0.29, 0.717) is 0 Å². The van der Waals surface area contributed by atoms with Gasteiger partial charge in [-0.25, -0.2) is 0 Å². The molecule has 1 nitrogen and oxygen atoms in total. The Hall–Kier alpha value is 0.310. The van der Waals surface area contributed by atoms with Gasteiger partial charge in [-0.05, 0) is 25.1 Å². The van der Waals surface area contributed by atoms with Gasteiger partial charge in [0.05, 0.1) is 0 Å². The highest BCUT2D eigenvalue weighted by Crippen LogP contribution is 2.11. The predicted molar refractivity (Wildman–Crippen MR) is 64.5 cm³/mol. The van der Waals surface area contributed by atoms with Crippen LogP contribution in [0.25, 0.3) is 0 Å². The van der Waals surface area contributed by atoms with Gasteiger partial charge in [-0.2, -0.15) is 11.8 Å². The maximum absolute atomic E-state index is 3.39. The topological polar surface area (TPSA) is 12.0 Å². The molecule has 1 unspecified atom stereocenters. The van der Waals surface area contributed by atoms with Crippen molar-refractivity contribution in [3.05, 3.63) is 0 Å². The van der Waals surface area contributed by atoms with Crippen molar-refractivity contribution in [2.75, 3.05) is 18.6 Å². The molecule has 2 heteroatoms. The molecule has 0 saturated heterocycles. The fourth-order valence-corrected chi connectivity index (χ4v) is 2.20. The Morgan fingerprint density at radius 3 is 2.38 bits per heavy atom. The molecular weight excluding hydrogens is 178 g/mol. The van der Waals surface area contributed by atoms with Crippen molar-refractivity contribution in [1.29, 1.82) is 0 Å². The Morgan fingerprint density at radius 1 is 1.23 bits per heavy atom. The quantitative estimate of drug-likeness (QED) is 0.650. The van der Waals surface area contributed by atoms with Crippen molar-refractivity contribution in [3.8, 4) is 0 Å². The van der Waals surface area contributed by atoms with E-state index in [1.165, 1.54) is 30.8 Å². The van der Waals surface area contributed by atoms with Gasteiger partial charge in [0, 0.05) is 11.8 Å². The van der Waals surface area contributed by atoms with Crippen molar-refractivity contribution in [2.45, 2.75) is 46.1 Å². The van der Waals surface area contributed by atoms with Crippen molar-refractivity contribution in [2.24, 2.45) is 5.92 Å². The maximum atomic E-state index is 3.39. The molecule has 0 aliphatic rings. The van der Waals surface area contributed by atoms with Gasteiger partial charge in [-0.1, -0.05) is 33.6 Å². The molecule has 0 amide bonds. The van der Waals surface area contributed by atoms with Crippen LogP contribution in [0.2, 0.25) is 0 Å². The van der Waals surface area contributed by atoms with Crippen LogP contribution in [0.3, 0.4) is 0 Å². The molecule has 0 heterocycles. The Morgan fingerprint density at radius 2 is 1.92 bits per heavy atom. The van der Waals surface area contributed by atoms with Gasteiger partial charge in [0.1, 0.15) is 0 Å². The van der Waals surface area contributed by atoms with Crippen LogP contribution in [0.15, 0.2) is 0 Å². The molecular formula is C11H25NS. The summed E-state index contributed by atoms with van der Waals surface area (Å²) in [6.07, 6.45) is 4.07. The zero-order valence-electron chi connectivity index (χ0n) is 9.60. The zero-order chi connectivity index (χ0) is 10.1. The minimum Gasteiger partial charge on any atom is -0.316 e. The second kappa shape index (κ2) is 8.89. The maximum Gasteiger partial charge on any atom is 0.0155 e. The fourth-order valence-electron chi connectivity index (χ4n) is 1.34. The number of thioether (sulfide) groups is 1. The summed E-state index contributed by atoms with van der Waals surface area (Å²) in [6, 6.07) is 0.726. The van der Waals surface area contributed by atoms with Crippen LogP contribution in [-0.4, -0.2) is 24.6 Å². The summed E-state index contributed by atoms with van der Waals surface area (Å²) in [4.78, 5) is 0. The molecule has 0 saturated carbocycles. The lowest BCUT2D eigenvalue weighted by Crippen LogP contribution is -2.27. The van der Waals surface area contributed by atoms with E-state index in [9.17, 15) is 0 Å². The van der Waals surface area contributed by atoms with Gasteiger partial charge >= 0.3 is 0 Å². The molecule has 0 radical (unpaired) electrons. The molecule has 13 heavy (non-hydrogen) atoms. The highest BCUT2D eigenvalue weighted by atomic mass is 32.2. The van der Waals surface area contributed by atoms with Gasteiger partial charge in [0.25, 0.3) is 0 Å². The number of hydrogen-bond acceptors (Lipinski definition) is 2. The van der Waals surface area contributed by atoms with E-state index in [2.05, 4.69) is 33.1 Å². The molecule has 0 aliphatic heterocycles. The molecule has 0 aromatic heterocycles. The predicted octanol–water partition coefficient (Wildman–Crippen LogP) is 3.15. The number of hydrogen-bond donors (Lipinski definition) is 1. The van der Waals surface area contributed by atoms with Crippen LogP contribution in [0, 0.1) is 5.92 Å². The lowest BCUT2D eigenvalue weighted by Gasteiger charge is -2.15. The first kappa shape index (κ1) is 13.3. The summed E-state index contributed by atoms with van der Waals surface area (Å²) in [5.74, 6) is 3.37. The van der Waals surface area contributed by atoms with Crippen LogP contribution in [0.4, 0.5) is 0 Å². The molecule has 0 bridgehead atoms. The van der Waals surface area contributed by atoms with E-state index >= 15 is 0 Å². The summed E-state index contributed by atoms with van der Waals surface area (Å²) in [7, 11) is 2.08. The second-order valence-electron chi connectivity index (χ2n) is 3.97. The summed E-state index contributed by atoms with van der Waals surface area (Å²) in [5.41, 5.74) is 0. The van der Waals surface area contributed by atoms with Gasteiger partial charge in [0.15, 0.2) is 0 Å². The van der Waals surface area contributed by atoms with Gasteiger partial charge in [0.2, 0.25) is 0 Å². The average Bonchev–Trinajstić information content (AvgIpc) is 2.10. The molecule has 0 aromatic carbocycles. The number of rotatable bonds is 8. The molecule has 80 valence electrons. The largest absolute Gasteiger partial charge is 0.316 e. The number of nitrogens with one attached hydrogen (secondary N) is 1. The van der Waals surface area contributed by atoms with Crippen molar-refractivity contribution in [3.63, 3.8) is 0 Å². The van der Waals surface area contributed by atoms with Gasteiger partial charge < -0.3 is 5.32 Å². The van der Waals surface area contributed by atoms with E-state index in [1.807, 2.05) is 11.8 Å². The molecule has 1 atom stereocenters. The lowest BCUT2D eigenvalue weighted by atomic mass is 10.0. The monoisotopic (exact) mass is 203 g/mol. The standard InChI is InChI=1S/C11H25NS/c1-5-13-9-11(12-4)8-6-7-10(2)3/h10-12H,5-9H2,1-4H3. The van der Waals surface area contributed by atoms with E-state index in [0.717, 1.165) is 12.0 Å². The third-order valence-corrected chi connectivity index (χ3v) is 3.31. The van der Waals surface area contributed by atoms with Crippen LogP contribution in [-0.2, 0) is 0 Å². The molecule has 1 N–H and O–H groups in total. The highest BCUT2D eigenvalue weighted by Gasteiger charge is 2.05. The zero-order valence-corrected chi connectivity index (χ0v) is 10.4. The summed E-state index contributed by atoms with van der Waals surface area (Å²) in [6.45, 7) is 6.83. The third-order valence-electron chi connectivity index (χ3n) is 2.27. The molecule has 0 aliphatic carbocycles. The fraction of sp³-hybridized carbons (Fsp3) is 1.00. The second-order valence-corrected chi connectivity index (χ2v) is 5.29. The molecule has 0 aromatic rings. The van der Waals surface area contributed by atoms with Crippen LogP contribution in [0.5, 0.6) is 0 Å². The summed E-state index contributed by atoms with van der Waals surface area (Å²) < 4.78 is 0. The molecule has 0 rings (SSSR count). The van der Waals surface area contributed by atoms with Crippen LogP contribution < -0.4 is 5.32 Å². The third kappa shape index (κ3) is 8.63. The Kier molecular flexibility index (Phi) is 9.10. The molecule has 0 spiro atoms. The van der Waals surface area contributed by atoms with Crippen LogP contribution >= 0.6 is 11.8 Å². The normalized spacial score (nSPS) is 13.6. The lowest BCUT2D eigenvalue weighted by molar-refractivity contribution is 0.483. The van der Waals surface area contributed by atoms with Crippen molar-refractivity contribution < 1.29 is 0 Å². The van der Waals surface area contributed by atoms with Gasteiger partial charge in [-0.3, -0.25) is 0 Å². The minimum absolute atomic E-state index is 0.726. The van der Waals surface area contributed by atoms with E-state index < -0.39 is 0 Å². The van der Waals surface area contributed by atoms with E-state index in [4.69, 9.17) is 0 Å². The van der Waals surface area contributed by atoms with E-state index in [1.54, 1.807) is 0 Å². The first-order valence-corrected chi connectivity index (χ1v) is 6.61. The first-order chi connectivity index (χ1) is 6.20. The first-order valence-electron chi connectivity index (χ1n) is 5.45. The Labute approximate surface area is 88.1 Å². The smallest absolute Gasteiger partial charge is 0.0155 e. The Bertz CT molecular complexity index is 104. The van der Waals surface area contributed by atoms with E-state index in [-0.39, 0.29) is 0 Å². The average molecular weight is 203 g/mol. The van der Waals surface area contributed by atoms with Gasteiger partial charge in [-0.15, -0.1) is 0 Å². The minimum atomic E-state index is 0.726. The SMILES string of the molecule is CCSCC(CCCC(C)C)NC. The van der Waals surface area contributed by atoms with Crippen LogP contribution in [0.1, 0.15) is 40.0 Å². The van der Waals surface area contributed by atoms with Crippen molar-refractivity contribution >= 4 is 11.8 Å². The Balaban J connectivity index is 3.36. The molecule has 0 fully saturated rings.